The highest BCUT2D eigenvalue weighted by molar-refractivity contribution is 7.13. The number of methoxy groups -OCH3 is 1. The Morgan fingerprint density at radius 2 is 1.45 bits per heavy atom. The fraction of sp³-hybridized carbons (Fsp3) is 0.222. The maximum atomic E-state index is 14.0. The monoisotopic (exact) mass is 1230 g/mol. The lowest BCUT2D eigenvalue weighted by Gasteiger charge is -2.21. The second-order valence-electron chi connectivity index (χ2n) is 18.4. The number of carbonyl (C=O) groups excluding carboxylic acids is 10. The number of rotatable bonds is 10. The summed E-state index contributed by atoms with van der Waals surface area (Å²) in [4.78, 5) is 159. The molecule has 0 spiro atoms. The Bertz CT molecular complexity index is 3860. The molecule has 452 valence electrons. The van der Waals surface area contributed by atoms with E-state index in [0.29, 0.717) is 6.42 Å². The summed E-state index contributed by atoms with van der Waals surface area (Å²) < 4.78 is 22.9. The van der Waals surface area contributed by atoms with E-state index in [9.17, 15) is 53.1 Å². The number of nitrogens with zero attached hydrogens (tertiary/aromatic N) is 6. The molecule has 5 atom stereocenters. The normalized spacial score (nSPS) is 19.2. The van der Waals surface area contributed by atoms with Gasteiger partial charge in [0.05, 0.1) is 40.3 Å². The van der Waals surface area contributed by atoms with Gasteiger partial charge < -0.3 is 77.0 Å². The van der Waals surface area contributed by atoms with Crippen molar-refractivity contribution in [3.05, 3.63) is 148 Å². The van der Waals surface area contributed by atoms with Gasteiger partial charge in [0.15, 0.2) is 18.0 Å². The zero-order chi connectivity index (χ0) is 63.7. The van der Waals surface area contributed by atoms with Gasteiger partial charge in [-0.2, -0.15) is 0 Å². The fourth-order valence-corrected chi connectivity index (χ4v) is 9.18. The van der Waals surface area contributed by atoms with Crippen LogP contribution in [0, 0.1) is 6.92 Å². The molecule has 33 heteroatoms. The van der Waals surface area contributed by atoms with Crippen molar-refractivity contribution >= 4 is 99.0 Å². The van der Waals surface area contributed by atoms with Crippen LogP contribution >= 0.6 is 22.7 Å². The van der Waals surface area contributed by atoms with Crippen LogP contribution in [0.5, 0.6) is 0 Å². The van der Waals surface area contributed by atoms with Crippen LogP contribution in [-0.2, 0) is 38.2 Å². The Hall–Kier alpha value is -10.9. The number of nitrogens with two attached hydrogens (primary N) is 1. The summed E-state index contributed by atoms with van der Waals surface area (Å²) in [5.41, 5.74) is 1.39. The van der Waals surface area contributed by atoms with Gasteiger partial charge in [0.2, 0.25) is 23.6 Å². The second-order valence-corrected chi connectivity index (χ2v) is 20.1. The smallest absolute Gasteiger partial charge is 0.278 e. The quantitative estimate of drug-likeness (QED) is 0.0877. The summed E-state index contributed by atoms with van der Waals surface area (Å²) >= 11 is 1.88. The van der Waals surface area contributed by atoms with E-state index in [2.05, 4.69) is 105 Å². The number of aryl methyl sites for hydroxylation is 1. The van der Waals surface area contributed by atoms with Crippen LogP contribution in [0.25, 0.3) is 33.4 Å². The summed E-state index contributed by atoms with van der Waals surface area (Å²) in [6.45, 7) is 25.2. The first-order chi connectivity index (χ1) is 41.2. The largest absolute Gasteiger partial charge is 0.471 e. The minimum absolute atomic E-state index is 0.00436. The number of aliphatic imine (C=N–C) groups is 1. The van der Waals surface area contributed by atoms with Crippen LogP contribution in [0.2, 0.25) is 0 Å². The maximum Gasteiger partial charge on any atom is 0.278 e. The highest BCUT2D eigenvalue weighted by Gasteiger charge is 2.38. The third kappa shape index (κ3) is 14.9. The molecule has 2 aliphatic heterocycles. The molecule has 0 saturated carbocycles. The molecule has 7 heterocycles. The molecule has 5 aromatic rings. The van der Waals surface area contributed by atoms with E-state index in [0.717, 1.165) is 28.9 Å². The summed E-state index contributed by atoms with van der Waals surface area (Å²) in [7, 11) is 1.30. The van der Waals surface area contributed by atoms with E-state index < -0.39 is 112 Å². The number of hydrogen-bond donors (Lipinski definition) is 11. The number of primary amides is 1. The lowest BCUT2D eigenvalue weighted by Crippen LogP contribution is -2.52. The van der Waals surface area contributed by atoms with Crippen molar-refractivity contribution < 1.29 is 71.4 Å². The van der Waals surface area contributed by atoms with Gasteiger partial charge in [0.25, 0.3) is 53.2 Å². The molecule has 3 unspecified atom stereocenters. The van der Waals surface area contributed by atoms with Crippen LogP contribution in [-0.4, -0.2) is 126 Å². The summed E-state index contributed by atoms with van der Waals surface area (Å²) in [6, 6.07) is -0.289. The average Bonchev–Trinajstić information content (AvgIpc) is 2.86. The van der Waals surface area contributed by atoms with Gasteiger partial charge in [-0.05, 0) is 46.2 Å². The molecule has 0 fully saturated rings. The number of allylic oxidation sites excluding steroid dienone is 2. The predicted octanol–water partition coefficient (Wildman–Crippen LogP) is 1.27. The first-order valence-electron chi connectivity index (χ1n) is 25.4. The first-order valence-corrected chi connectivity index (χ1v) is 27.2. The highest BCUT2D eigenvalue weighted by atomic mass is 32.1. The number of ether oxygens (including phenoxy) is 2. The van der Waals surface area contributed by atoms with Crippen LogP contribution in [0.4, 0.5) is 0 Å². The number of nitrogens with one attached hydrogen (secondary N) is 9. The van der Waals surface area contributed by atoms with E-state index in [1.807, 2.05) is 5.32 Å². The van der Waals surface area contributed by atoms with Crippen molar-refractivity contribution in [1.29, 1.82) is 0 Å². The Morgan fingerprint density at radius 3 is 2.11 bits per heavy atom. The molecule has 12 N–H and O–H groups in total. The lowest BCUT2D eigenvalue weighted by atomic mass is 10.1. The number of aliphatic hydroxyl groups excluding tert-OH is 1. The zero-order valence-corrected chi connectivity index (χ0v) is 48.5. The van der Waals surface area contributed by atoms with E-state index in [1.54, 1.807) is 20.8 Å². The van der Waals surface area contributed by atoms with Crippen molar-refractivity contribution in [3.63, 3.8) is 0 Å². The van der Waals surface area contributed by atoms with Gasteiger partial charge in [0, 0.05) is 23.4 Å². The molecule has 31 nitrogen and oxygen atoms in total. The maximum absolute atomic E-state index is 14.0. The molecule has 10 bridgehead atoms. The van der Waals surface area contributed by atoms with Crippen LogP contribution in [0.3, 0.4) is 0 Å². The van der Waals surface area contributed by atoms with Crippen molar-refractivity contribution in [2.75, 3.05) is 7.11 Å². The third-order valence-corrected chi connectivity index (χ3v) is 13.8. The van der Waals surface area contributed by atoms with Crippen LogP contribution in [0.1, 0.15) is 105 Å². The molecule has 0 radical (unpaired) electrons. The van der Waals surface area contributed by atoms with Crippen molar-refractivity contribution in [1.82, 2.24) is 72.8 Å². The van der Waals surface area contributed by atoms with Crippen molar-refractivity contribution in [2.24, 2.45) is 10.7 Å². The standard InChI is InChI=1S/C54H54N16O15S2/c1-12-14-31-51-69-37(27(10)85-51)48(81)70-52(82-11)54-66-33(19-87-54)44(77)62-29(13-2)50-68-36(26(9)84-50)47(80)59-23(6)42(75)60-24(7)49-64-32(17-83-49)38-28(53-65-34(18-86-53)45(78)67-35(25(8)71)46(79)63-31)15-16-30(61-38)43(76)58-22(5)41(74)57-21(4)40(73)56-20(3)39(55)72/h13-19,25,27,35,37,52,71H,3-7,12H2,1-2,8-11H3,(H2,55,72)(H,56,73)(H,57,74)(H,58,76)(H,59,80)(H,60,75)(H,62,77)(H,63,79)(H,67,78)(H,70,81)/b29-13-,31-14-/t25-,27?,35-,37?,52?/m1/s1. The number of carbonyl (C=O) groups is 10. The highest BCUT2D eigenvalue weighted by Crippen LogP contribution is 2.34. The van der Waals surface area contributed by atoms with E-state index >= 15 is 0 Å². The molecule has 0 saturated heterocycles. The summed E-state index contributed by atoms with van der Waals surface area (Å²) in [5, 5.41) is 35.4. The lowest BCUT2D eigenvalue weighted by molar-refractivity contribution is -0.127. The molecule has 5 aromatic heterocycles. The Morgan fingerprint density at radius 1 is 0.782 bits per heavy atom. The minimum Gasteiger partial charge on any atom is -0.471 e. The number of oxazole rings is 2. The molecule has 0 aromatic carbocycles. The van der Waals surface area contributed by atoms with E-state index in [1.165, 1.54) is 56.0 Å². The van der Waals surface area contributed by atoms with Crippen LogP contribution in [0.15, 0.2) is 117 Å². The number of fused-ring (bicyclic) bond motifs is 12. The third-order valence-electron chi connectivity index (χ3n) is 12.0. The average molecular weight is 1230 g/mol. The van der Waals surface area contributed by atoms with E-state index in [-0.39, 0.29) is 90.3 Å². The Kier molecular flexibility index (Phi) is 19.9. The minimum atomic E-state index is -1.63. The summed E-state index contributed by atoms with van der Waals surface area (Å²) in [6.07, 6.45) is 0.742. The first kappa shape index (κ1) is 63.7. The van der Waals surface area contributed by atoms with E-state index in [4.69, 9.17) is 24.0 Å². The van der Waals surface area contributed by atoms with Gasteiger partial charge in [-0.3, -0.25) is 47.9 Å². The van der Waals surface area contributed by atoms with Gasteiger partial charge in [0.1, 0.15) is 68.4 Å². The topological polar surface area (TPSA) is 447 Å². The van der Waals surface area contributed by atoms with Gasteiger partial charge in [-0.25, -0.2) is 29.9 Å². The Labute approximate surface area is 500 Å². The van der Waals surface area contributed by atoms with Gasteiger partial charge in [-0.1, -0.05) is 52.0 Å². The van der Waals surface area contributed by atoms with Gasteiger partial charge in [-0.15, -0.1) is 22.7 Å². The number of aromatic nitrogens is 5. The molecular weight excluding hydrogens is 1180 g/mol. The van der Waals surface area contributed by atoms with Crippen LogP contribution < -0.4 is 53.6 Å². The second kappa shape index (κ2) is 27.2. The SMILES string of the molecule is C=C(NC(=O)C(=C)NC(=O)C(=C)NC(=O)c1ccc2c(n1)-c1coc(n1)C(=C)NC(=O)C(=C)NC(=O)c1nc(oc1C)/C(=C/C)NC(=O)c1csc(n1)C(OC)NC(=O)C1N=C(OC1C)/C(=C/CC)NC(=O)[C@@H]([C@@H](C)O)NC(=O)c1csc-2n1)C(N)=O. The number of aliphatic hydroxyl groups is 1. The summed E-state index contributed by atoms with van der Waals surface area (Å²) in [5.74, 6) is -10.2. The van der Waals surface area contributed by atoms with Crippen molar-refractivity contribution in [2.45, 2.75) is 71.6 Å². The van der Waals surface area contributed by atoms with Crippen molar-refractivity contribution in [3.8, 4) is 22.0 Å². The number of hydrogen-bond acceptors (Lipinski definition) is 23. The molecule has 0 aliphatic carbocycles. The number of pyridine rings is 1. The molecule has 10 amide bonds. The number of thiazole rings is 2. The molecule has 87 heavy (non-hydrogen) atoms. The zero-order valence-electron chi connectivity index (χ0n) is 46.9. The number of amides is 10. The van der Waals surface area contributed by atoms with Gasteiger partial charge >= 0.3 is 0 Å². The molecular formula is C54H54N16O15S2. The fourth-order valence-electron chi connectivity index (χ4n) is 7.54. The molecule has 7 rings (SSSR count). The molecule has 2 aliphatic rings. The predicted molar refractivity (Wildman–Crippen MR) is 309 cm³/mol. The Balaban J connectivity index is 1.22.